The number of aliphatic hydroxyl groups is 1. The number of benzene rings is 2. The molecule has 276 valence electrons. The Balaban J connectivity index is 1.44. The first-order chi connectivity index (χ1) is 23.5. The van der Waals surface area contributed by atoms with Crippen molar-refractivity contribution < 1.29 is 47.2 Å². The summed E-state index contributed by atoms with van der Waals surface area (Å²) < 4.78 is 52.4. The zero-order valence-corrected chi connectivity index (χ0v) is 30.1. The molecule has 0 aromatic heterocycles. The Labute approximate surface area is 294 Å². The van der Waals surface area contributed by atoms with Gasteiger partial charge in [-0.3, -0.25) is 4.90 Å². The van der Waals surface area contributed by atoms with Gasteiger partial charge in [0.15, 0.2) is 17.8 Å². The summed E-state index contributed by atoms with van der Waals surface area (Å²) >= 11 is 0. The van der Waals surface area contributed by atoms with Gasteiger partial charge in [-0.1, -0.05) is 44.2 Å². The van der Waals surface area contributed by atoms with Crippen molar-refractivity contribution in [3.8, 4) is 11.5 Å². The highest BCUT2D eigenvalue weighted by Crippen LogP contribution is 2.38. The topological polar surface area (TPSA) is 176 Å². The van der Waals surface area contributed by atoms with Crippen molar-refractivity contribution in [2.75, 3.05) is 39.6 Å². The molecule has 0 bridgehead atoms. The van der Waals surface area contributed by atoms with E-state index in [9.17, 15) is 28.2 Å². The second kappa shape index (κ2) is 15.3. The first kappa shape index (κ1) is 37.6. The molecule has 3 heterocycles. The van der Waals surface area contributed by atoms with Crippen LogP contribution in [0.3, 0.4) is 0 Å². The smallest absolute Gasteiger partial charge is 0.407 e. The van der Waals surface area contributed by atoms with Gasteiger partial charge in [0.2, 0.25) is 16.8 Å². The van der Waals surface area contributed by atoms with Gasteiger partial charge in [-0.2, -0.15) is 4.31 Å². The molecule has 2 aromatic rings. The number of urea groups is 1. The van der Waals surface area contributed by atoms with Crippen LogP contribution in [-0.2, 0) is 25.9 Å². The Hall–Kier alpha value is -3.63. The average molecular weight is 719 g/mol. The van der Waals surface area contributed by atoms with E-state index in [4.69, 9.17) is 18.9 Å². The molecule has 2 fully saturated rings. The van der Waals surface area contributed by atoms with Gasteiger partial charge in [0.1, 0.15) is 0 Å². The number of rotatable bonds is 14. The van der Waals surface area contributed by atoms with Crippen LogP contribution in [0, 0.1) is 11.3 Å². The molecule has 3 amide bonds. The van der Waals surface area contributed by atoms with Gasteiger partial charge in [0, 0.05) is 37.2 Å². The molecule has 0 saturated carbocycles. The van der Waals surface area contributed by atoms with Crippen LogP contribution in [0.1, 0.15) is 53.0 Å². The van der Waals surface area contributed by atoms with Crippen molar-refractivity contribution in [3.05, 3.63) is 54.1 Å². The van der Waals surface area contributed by atoms with E-state index >= 15 is 0 Å². The molecular weight excluding hydrogens is 668 g/mol. The number of fused-ring (bicyclic) bond motifs is 2. The fourth-order valence-electron chi connectivity index (χ4n) is 6.75. The number of hydrogen-bond donors (Lipinski definition) is 4. The van der Waals surface area contributed by atoms with Gasteiger partial charge in [0.25, 0.3) is 0 Å². The van der Waals surface area contributed by atoms with Gasteiger partial charge in [-0.25, -0.2) is 18.0 Å². The second-order valence-electron chi connectivity index (χ2n) is 15.0. The number of carboxylic acid groups (broad SMARTS) is 1. The molecule has 0 radical (unpaired) electrons. The average Bonchev–Trinajstić information content (AvgIpc) is 3.78. The maximum atomic E-state index is 14.4. The summed E-state index contributed by atoms with van der Waals surface area (Å²) in [5.74, 6) is 0.490. The maximum Gasteiger partial charge on any atom is 0.407 e. The Morgan fingerprint density at radius 2 is 1.74 bits per heavy atom. The Kier molecular flexibility index (Phi) is 11.5. The third-order valence-electron chi connectivity index (χ3n) is 9.23. The number of nitrogens with one attached hydrogen (secondary N) is 2. The Morgan fingerprint density at radius 1 is 1.02 bits per heavy atom. The number of ether oxygens (including phenoxy) is 4. The van der Waals surface area contributed by atoms with Crippen LogP contribution < -0.4 is 20.1 Å². The fourth-order valence-corrected chi connectivity index (χ4v) is 8.42. The highest BCUT2D eigenvalue weighted by atomic mass is 32.2. The van der Waals surface area contributed by atoms with Gasteiger partial charge < -0.3 is 39.8 Å². The Bertz CT molecular complexity index is 1600. The van der Waals surface area contributed by atoms with E-state index < -0.39 is 58.1 Å². The third kappa shape index (κ3) is 9.18. The molecule has 14 nitrogen and oxygen atoms in total. The number of carbonyl (C=O) groups excluding carboxylic acids is 1. The zero-order chi connectivity index (χ0) is 36.3. The largest absolute Gasteiger partial charge is 0.465 e. The molecule has 5 rings (SSSR count). The minimum Gasteiger partial charge on any atom is -0.465 e. The van der Waals surface area contributed by atoms with Crippen LogP contribution >= 0.6 is 0 Å². The molecule has 3 aliphatic rings. The summed E-state index contributed by atoms with van der Waals surface area (Å²) in [6, 6.07) is 11.6. The van der Waals surface area contributed by atoms with E-state index in [-0.39, 0.29) is 55.5 Å². The lowest BCUT2D eigenvalue weighted by atomic mass is 9.89. The lowest BCUT2D eigenvalue weighted by Gasteiger charge is -2.40. The summed E-state index contributed by atoms with van der Waals surface area (Å²) in [7, 11) is -4.27. The SMILES string of the molecule is CC(C)(CCNC(=O)NC(C)(C)C)CN(C[C@@H](O)[C@H](Cc1ccccc1)N(C(=O)O)[C@H]1CO[C@H]2OCC[C@H]21)S(=O)(=O)c1ccc2c(c1)OCO2. The van der Waals surface area contributed by atoms with Crippen LogP contribution in [0.25, 0.3) is 0 Å². The number of hydrogen-bond acceptors (Lipinski definition) is 9. The van der Waals surface area contributed by atoms with E-state index in [1.54, 1.807) is 0 Å². The predicted molar refractivity (Wildman–Crippen MR) is 183 cm³/mol. The van der Waals surface area contributed by atoms with Crippen LogP contribution in [0.15, 0.2) is 53.4 Å². The standard InChI is InChI=1S/C35H50N4O10S/c1-34(2,3)37-32(41)36-15-14-35(4,5)21-38(50(44,45)24-11-12-29-30(18-24)49-22-48-29)19-28(40)26(17-23-9-7-6-8-10-23)39(33(42)43)27-20-47-31-25(27)13-16-46-31/h6-12,18,25-28,31,40H,13-17,19-22H2,1-5H3,(H,42,43)(H2,36,37,41)/t25-,26-,27-,28+,31+/m0/s1. The van der Waals surface area contributed by atoms with E-state index in [1.807, 2.05) is 65.0 Å². The molecular formula is C35H50N4O10S. The molecule has 2 aromatic carbocycles. The summed E-state index contributed by atoms with van der Waals surface area (Å²) in [6.45, 7) is 9.70. The van der Waals surface area contributed by atoms with Gasteiger partial charge in [-0.05, 0) is 63.1 Å². The molecule has 0 unspecified atom stereocenters. The predicted octanol–water partition coefficient (Wildman–Crippen LogP) is 3.63. The van der Waals surface area contributed by atoms with Crippen molar-refractivity contribution in [1.82, 2.24) is 19.8 Å². The summed E-state index contributed by atoms with van der Waals surface area (Å²) in [5.41, 5.74) is -0.333. The number of amides is 3. The molecule has 3 aliphatic heterocycles. The van der Waals surface area contributed by atoms with Crippen molar-refractivity contribution >= 4 is 22.1 Å². The van der Waals surface area contributed by atoms with Crippen LogP contribution in [0.5, 0.6) is 11.5 Å². The maximum absolute atomic E-state index is 14.4. The van der Waals surface area contributed by atoms with Crippen molar-refractivity contribution in [3.63, 3.8) is 0 Å². The highest BCUT2D eigenvalue weighted by Gasteiger charge is 2.49. The first-order valence-corrected chi connectivity index (χ1v) is 18.4. The second-order valence-corrected chi connectivity index (χ2v) is 16.9. The van der Waals surface area contributed by atoms with Crippen molar-refractivity contribution in [2.24, 2.45) is 11.3 Å². The third-order valence-corrected chi connectivity index (χ3v) is 11.0. The number of aliphatic hydroxyl groups excluding tert-OH is 1. The lowest BCUT2D eigenvalue weighted by Crippen LogP contribution is -2.58. The number of nitrogens with zero attached hydrogens (tertiary/aromatic N) is 2. The fraction of sp³-hybridized carbons (Fsp3) is 0.600. The van der Waals surface area contributed by atoms with Gasteiger partial charge in [-0.15, -0.1) is 0 Å². The molecule has 50 heavy (non-hydrogen) atoms. The molecule has 15 heteroatoms. The zero-order valence-electron chi connectivity index (χ0n) is 29.3. The summed E-state index contributed by atoms with van der Waals surface area (Å²) in [4.78, 5) is 26.6. The van der Waals surface area contributed by atoms with Crippen LogP contribution in [0.2, 0.25) is 0 Å². The molecule has 4 N–H and O–H groups in total. The highest BCUT2D eigenvalue weighted by molar-refractivity contribution is 7.89. The van der Waals surface area contributed by atoms with Crippen LogP contribution in [0.4, 0.5) is 9.59 Å². The normalized spacial score (nSPS) is 21.5. The Morgan fingerprint density at radius 3 is 2.44 bits per heavy atom. The molecule has 5 atom stereocenters. The van der Waals surface area contributed by atoms with Crippen molar-refractivity contribution in [1.29, 1.82) is 0 Å². The quantitative estimate of drug-likeness (QED) is 0.226. The van der Waals surface area contributed by atoms with Gasteiger partial charge in [0.05, 0.1) is 36.3 Å². The summed E-state index contributed by atoms with van der Waals surface area (Å²) in [5, 5.41) is 28.4. The minimum atomic E-state index is -4.27. The monoisotopic (exact) mass is 718 g/mol. The van der Waals surface area contributed by atoms with Gasteiger partial charge >= 0.3 is 12.1 Å². The molecule has 0 spiro atoms. The molecule has 0 aliphatic carbocycles. The van der Waals surface area contributed by atoms with Crippen molar-refractivity contribution in [2.45, 2.75) is 88.8 Å². The lowest BCUT2D eigenvalue weighted by molar-refractivity contribution is -0.0906. The summed E-state index contributed by atoms with van der Waals surface area (Å²) in [6.07, 6.45) is -2.06. The minimum absolute atomic E-state index is 0.0337. The van der Waals surface area contributed by atoms with Crippen LogP contribution in [-0.4, -0.2) is 110 Å². The van der Waals surface area contributed by atoms with E-state index in [2.05, 4.69) is 10.6 Å². The first-order valence-electron chi connectivity index (χ1n) is 17.0. The van der Waals surface area contributed by atoms with E-state index in [1.165, 1.54) is 27.4 Å². The van der Waals surface area contributed by atoms with E-state index in [0.717, 1.165) is 5.56 Å². The number of carbonyl (C=O) groups is 2. The molecule has 2 saturated heterocycles. The van der Waals surface area contributed by atoms with E-state index in [0.29, 0.717) is 25.2 Å². The number of sulfonamides is 1.